The Morgan fingerprint density at radius 1 is 1.00 bits per heavy atom. The van der Waals surface area contributed by atoms with Gasteiger partial charge in [-0.1, -0.05) is 24.3 Å². The van der Waals surface area contributed by atoms with Crippen LogP contribution in [-0.2, 0) is 9.84 Å². The average molecular weight is 342 g/mol. The van der Waals surface area contributed by atoms with Crippen LogP contribution < -0.4 is 4.74 Å². The number of hydrogen-bond acceptors (Lipinski definition) is 4. The van der Waals surface area contributed by atoms with Gasteiger partial charge in [0, 0.05) is 23.6 Å². The van der Waals surface area contributed by atoms with Gasteiger partial charge in [0.2, 0.25) is 0 Å². The van der Waals surface area contributed by atoms with Crippen LogP contribution in [0.3, 0.4) is 0 Å². The Bertz CT molecular complexity index is 927. The summed E-state index contributed by atoms with van der Waals surface area (Å²) in [4.78, 5) is 0.296. The molecule has 0 aliphatic heterocycles. The molecule has 0 saturated heterocycles. The quantitative estimate of drug-likeness (QED) is 0.770. The maximum atomic E-state index is 11.6. The zero-order valence-electron chi connectivity index (χ0n) is 13.5. The summed E-state index contributed by atoms with van der Waals surface area (Å²) in [6.45, 7) is 2.57. The minimum absolute atomic E-state index is 0.296. The lowest BCUT2D eigenvalue weighted by atomic mass is 10.0. The Morgan fingerprint density at radius 3 is 2.21 bits per heavy atom. The van der Waals surface area contributed by atoms with Gasteiger partial charge in [-0.15, -0.1) is 0 Å². The predicted molar refractivity (Wildman–Crippen MR) is 93.7 cm³/mol. The van der Waals surface area contributed by atoms with Gasteiger partial charge < -0.3 is 4.74 Å². The Morgan fingerprint density at radius 2 is 1.62 bits per heavy atom. The number of hydrogen-bond donors (Lipinski definition) is 1. The molecular weight excluding hydrogens is 324 g/mol. The fourth-order valence-corrected chi connectivity index (χ4v) is 3.12. The molecule has 3 aromatic rings. The molecule has 0 saturated carbocycles. The van der Waals surface area contributed by atoms with Crippen LogP contribution in [-0.4, -0.2) is 31.5 Å². The number of nitrogens with zero attached hydrogens (tertiary/aromatic N) is 1. The smallest absolute Gasteiger partial charge is 0.175 e. The summed E-state index contributed by atoms with van der Waals surface area (Å²) in [5.41, 5.74) is 3.59. The van der Waals surface area contributed by atoms with E-state index in [1.807, 2.05) is 37.4 Å². The number of ether oxygens (including phenoxy) is 1. The zero-order valence-corrected chi connectivity index (χ0v) is 14.3. The van der Waals surface area contributed by atoms with Gasteiger partial charge in [-0.3, -0.25) is 5.10 Å². The monoisotopic (exact) mass is 342 g/mol. The molecule has 0 aliphatic rings. The molecule has 1 heterocycles. The summed E-state index contributed by atoms with van der Waals surface area (Å²) in [7, 11) is -3.20. The van der Waals surface area contributed by atoms with E-state index in [1.54, 1.807) is 24.3 Å². The van der Waals surface area contributed by atoms with Crippen LogP contribution in [0.1, 0.15) is 6.92 Å². The van der Waals surface area contributed by atoms with E-state index < -0.39 is 9.84 Å². The van der Waals surface area contributed by atoms with Crippen molar-refractivity contribution < 1.29 is 13.2 Å². The number of aromatic amines is 1. The summed E-state index contributed by atoms with van der Waals surface area (Å²) < 4.78 is 28.6. The van der Waals surface area contributed by atoms with Gasteiger partial charge >= 0.3 is 0 Å². The van der Waals surface area contributed by atoms with Gasteiger partial charge in [0.25, 0.3) is 0 Å². The van der Waals surface area contributed by atoms with Crippen molar-refractivity contribution in [3.05, 3.63) is 54.7 Å². The van der Waals surface area contributed by atoms with Crippen LogP contribution in [0.25, 0.3) is 22.4 Å². The first-order chi connectivity index (χ1) is 11.5. The maximum Gasteiger partial charge on any atom is 0.175 e. The molecule has 124 valence electrons. The number of nitrogens with one attached hydrogen (secondary N) is 1. The van der Waals surface area contributed by atoms with Crippen LogP contribution in [0.4, 0.5) is 0 Å². The van der Waals surface area contributed by atoms with Crippen LogP contribution in [0.2, 0.25) is 0 Å². The molecule has 1 aromatic heterocycles. The number of H-pyrrole nitrogens is 1. The second-order valence-electron chi connectivity index (χ2n) is 5.40. The van der Waals surface area contributed by atoms with Crippen molar-refractivity contribution in [1.82, 2.24) is 10.2 Å². The Kier molecular flexibility index (Phi) is 4.40. The molecule has 0 bridgehead atoms. The van der Waals surface area contributed by atoms with Crippen molar-refractivity contribution in [2.75, 3.05) is 12.9 Å². The predicted octanol–water partition coefficient (Wildman–Crippen LogP) is 3.55. The van der Waals surface area contributed by atoms with E-state index >= 15 is 0 Å². The largest absolute Gasteiger partial charge is 0.494 e. The van der Waals surface area contributed by atoms with Gasteiger partial charge in [-0.25, -0.2) is 8.42 Å². The lowest BCUT2D eigenvalue weighted by Gasteiger charge is -2.06. The topological polar surface area (TPSA) is 72.0 Å². The fraction of sp³-hybridized carbons (Fsp3) is 0.167. The minimum Gasteiger partial charge on any atom is -0.494 e. The molecular formula is C18H18N2O3S. The lowest BCUT2D eigenvalue weighted by molar-refractivity contribution is 0.340. The van der Waals surface area contributed by atoms with E-state index in [0.29, 0.717) is 11.5 Å². The van der Waals surface area contributed by atoms with E-state index in [-0.39, 0.29) is 0 Å². The summed E-state index contributed by atoms with van der Waals surface area (Å²) >= 11 is 0. The summed E-state index contributed by atoms with van der Waals surface area (Å²) in [5, 5.41) is 7.19. The maximum absolute atomic E-state index is 11.6. The van der Waals surface area contributed by atoms with Gasteiger partial charge in [0.15, 0.2) is 9.84 Å². The van der Waals surface area contributed by atoms with E-state index in [2.05, 4.69) is 10.2 Å². The van der Waals surface area contributed by atoms with E-state index in [4.69, 9.17) is 4.74 Å². The SMILES string of the molecule is CCOc1ccc(-c2c[nH]nc2-c2ccc(S(C)(=O)=O)cc2)cc1. The summed E-state index contributed by atoms with van der Waals surface area (Å²) in [6, 6.07) is 14.5. The van der Waals surface area contributed by atoms with Crippen LogP contribution in [0.5, 0.6) is 5.75 Å². The highest BCUT2D eigenvalue weighted by Crippen LogP contribution is 2.31. The summed E-state index contributed by atoms with van der Waals surface area (Å²) in [6.07, 6.45) is 3.03. The molecule has 0 aliphatic carbocycles. The molecule has 24 heavy (non-hydrogen) atoms. The first kappa shape index (κ1) is 16.3. The summed E-state index contributed by atoms with van der Waals surface area (Å²) in [5.74, 6) is 0.823. The molecule has 0 spiro atoms. The fourth-order valence-electron chi connectivity index (χ4n) is 2.49. The first-order valence-electron chi connectivity index (χ1n) is 7.56. The number of sulfone groups is 1. The van der Waals surface area contributed by atoms with Gasteiger partial charge in [-0.05, 0) is 36.8 Å². The number of aromatic nitrogens is 2. The highest BCUT2D eigenvalue weighted by Gasteiger charge is 2.12. The van der Waals surface area contributed by atoms with E-state index in [1.165, 1.54) is 6.26 Å². The lowest BCUT2D eigenvalue weighted by Crippen LogP contribution is -1.96. The van der Waals surface area contributed by atoms with Crippen molar-refractivity contribution in [1.29, 1.82) is 0 Å². The van der Waals surface area contributed by atoms with Crippen molar-refractivity contribution in [2.24, 2.45) is 0 Å². The van der Waals surface area contributed by atoms with E-state index in [0.717, 1.165) is 28.1 Å². The van der Waals surface area contributed by atoms with Crippen molar-refractivity contribution in [3.8, 4) is 28.1 Å². The molecule has 5 nitrogen and oxygen atoms in total. The molecule has 1 N–H and O–H groups in total. The highest BCUT2D eigenvalue weighted by molar-refractivity contribution is 7.90. The van der Waals surface area contributed by atoms with Gasteiger partial charge in [0.05, 0.1) is 17.2 Å². The molecule has 3 rings (SSSR count). The minimum atomic E-state index is -3.20. The first-order valence-corrected chi connectivity index (χ1v) is 9.45. The molecule has 0 radical (unpaired) electrons. The van der Waals surface area contributed by atoms with Gasteiger partial charge in [-0.2, -0.15) is 5.10 Å². The second kappa shape index (κ2) is 6.49. The Labute approximate surface area is 141 Å². The molecule has 0 unspecified atom stereocenters. The molecule has 2 aromatic carbocycles. The van der Waals surface area contributed by atoms with Crippen molar-refractivity contribution >= 4 is 9.84 Å². The Balaban J connectivity index is 1.95. The number of rotatable bonds is 5. The van der Waals surface area contributed by atoms with Crippen molar-refractivity contribution in [3.63, 3.8) is 0 Å². The molecule has 6 heteroatoms. The molecule has 0 atom stereocenters. The molecule has 0 amide bonds. The second-order valence-corrected chi connectivity index (χ2v) is 7.42. The highest BCUT2D eigenvalue weighted by atomic mass is 32.2. The normalized spacial score (nSPS) is 11.4. The zero-order chi connectivity index (χ0) is 17.2. The average Bonchev–Trinajstić information content (AvgIpc) is 3.05. The van der Waals surface area contributed by atoms with Gasteiger partial charge in [0.1, 0.15) is 5.75 Å². The van der Waals surface area contributed by atoms with Crippen LogP contribution >= 0.6 is 0 Å². The standard InChI is InChI=1S/C18H18N2O3S/c1-3-23-15-8-4-13(5-9-15)17-12-19-20-18(17)14-6-10-16(11-7-14)24(2,21)22/h4-12H,3H2,1-2H3,(H,19,20). The Hall–Kier alpha value is -2.60. The third-order valence-corrected chi connectivity index (χ3v) is 4.80. The van der Waals surface area contributed by atoms with Crippen LogP contribution in [0.15, 0.2) is 59.6 Å². The third kappa shape index (κ3) is 3.33. The number of benzene rings is 2. The molecule has 0 fully saturated rings. The van der Waals surface area contributed by atoms with Crippen molar-refractivity contribution in [2.45, 2.75) is 11.8 Å². The third-order valence-electron chi connectivity index (χ3n) is 3.67. The van der Waals surface area contributed by atoms with Crippen LogP contribution in [0, 0.1) is 0 Å². The van der Waals surface area contributed by atoms with E-state index in [9.17, 15) is 8.42 Å².